The third-order valence-corrected chi connectivity index (χ3v) is 1.53. The monoisotopic (exact) mass is 150 g/mol. The Morgan fingerprint density at radius 3 is 2.27 bits per heavy atom. The van der Waals surface area contributed by atoms with Crippen LogP contribution in [-0.2, 0) is 4.79 Å². The zero-order chi connectivity index (χ0) is 8.91. The van der Waals surface area contributed by atoms with E-state index in [1.54, 1.807) is 18.2 Å². The minimum absolute atomic E-state index is 0.0485. The van der Waals surface area contributed by atoms with E-state index >= 15 is 0 Å². The van der Waals surface area contributed by atoms with Crippen molar-refractivity contribution in [3.05, 3.63) is 37.5 Å². The highest BCUT2D eigenvalue weighted by molar-refractivity contribution is 5.95. The summed E-state index contributed by atoms with van der Waals surface area (Å²) in [6.07, 6.45) is 6.36. The molecular formula is C10H14O. The van der Waals surface area contributed by atoms with Crippen molar-refractivity contribution in [1.29, 1.82) is 0 Å². The summed E-state index contributed by atoms with van der Waals surface area (Å²) in [6, 6.07) is 0. The van der Waals surface area contributed by atoms with E-state index in [0.717, 1.165) is 0 Å². The molecule has 0 aliphatic heterocycles. The molecule has 60 valence electrons. The first-order valence-electron chi connectivity index (χ1n) is 3.51. The van der Waals surface area contributed by atoms with Crippen LogP contribution >= 0.6 is 0 Å². The van der Waals surface area contributed by atoms with Gasteiger partial charge in [0.1, 0.15) is 0 Å². The van der Waals surface area contributed by atoms with Gasteiger partial charge in [-0.05, 0) is 19.9 Å². The Kier molecular flexibility index (Phi) is 3.52. The maximum atomic E-state index is 11.2. The van der Waals surface area contributed by atoms with Crippen molar-refractivity contribution in [3.8, 4) is 0 Å². The Morgan fingerprint density at radius 2 is 1.91 bits per heavy atom. The maximum Gasteiger partial charge on any atom is 0.165 e. The highest BCUT2D eigenvalue weighted by atomic mass is 16.1. The normalized spacial score (nSPS) is 11.5. The van der Waals surface area contributed by atoms with E-state index in [2.05, 4.69) is 13.2 Å². The lowest BCUT2D eigenvalue weighted by Crippen LogP contribution is -2.18. The molecule has 0 spiro atoms. The summed E-state index contributed by atoms with van der Waals surface area (Å²) in [5.74, 6) is 0.0485. The SMILES string of the molecule is C=C/C=C/C(=O)C(C)(C)C=C. The molecule has 0 aliphatic rings. The van der Waals surface area contributed by atoms with Crippen LogP contribution in [0, 0.1) is 5.41 Å². The minimum Gasteiger partial charge on any atom is -0.294 e. The lowest BCUT2D eigenvalue weighted by atomic mass is 9.88. The molecule has 0 aromatic carbocycles. The summed E-state index contributed by atoms with van der Waals surface area (Å²) < 4.78 is 0. The van der Waals surface area contributed by atoms with Crippen LogP contribution in [-0.4, -0.2) is 5.78 Å². The van der Waals surface area contributed by atoms with Crippen molar-refractivity contribution in [2.75, 3.05) is 0 Å². The summed E-state index contributed by atoms with van der Waals surface area (Å²) in [5, 5.41) is 0. The number of allylic oxidation sites excluding steroid dienone is 4. The van der Waals surface area contributed by atoms with Gasteiger partial charge in [-0.3, -0.25) is 4.79 Å². The summed E-state index contributed by atoms with van der Waals surface area (Å²) in [6.45, 7) is 10.7. The summed E-state index contributed by atoms with van der Waals surface area (Å²) in [5.41, 5.74) is -0.459. The Bertz CT molecular complexity index is 197. The number of hydrogen-bond donors (Lipinski definition) is 0. The third-order valence-electron chi connectivity index (χ3n) is 1.53. The molecule has 0 aromatic rings. The second-order valence-corrected chi connectivity index (χ2v) is 2.88. The number of carbonyl (C=O) groups excluding carboxylic acids is 1. The summed E-state index contributed by atoms with van der Waals surface area (Å²) in [7, 11) is 0. The average molecular weight is 150 g/mol. The van der Waals surface area contributed by atoms with Gasteiger partial charge in [0.25, 0.3) is 0 Å². The first-order chi connectivity index (χ1) is 5.04. The molecule has 0 saturated heterocycles. The summed E-state index contributed by atoms with van der Waals surface area (Å²) in [4.78, 5) is 11.2. The number of rotatable bonds is 4. The van der Waals surface area contributed by atoms with Crippen LogP contribution in [0.4, 0.5) is 0 Å². The van der Waals surface area contributed by atoms with Gasteiger partial charge in [0.2, 0.25) is 0 Å². The van der Waals surface area contributed by atoms with Gasteiger partial charge in [-0.25, -0.2) is 0 Å². The topological polar surface area (TPSA) is 17.1 Å². The fourth-order valence-electron chi connectivity index (χ4n) is 0.471. The van der Waals surface area contributed by atoms with E-state index in [1.807, 2.05) is 13.8 Å². The van der Waals surface area contributed by atoms with Crippen molar-refractivity contribution in [2.45, 2.75) is 13.8 Å². The molecule has 0 aliphatic carbocycles. The third kappa shape index (κ3) is 2.99. The smallest absolute Gasteiger partial charge is 0.165 e. The molecule has 0 heterocycles. The predicted molar refractivity (Wildman–Crippen MR) is 48.3 cm³/mol. The lowest BCUT2D eigenvalue weighted by molar-refractivity contribution is -0.120. The number of ketones is 1. The van der Waals surface area contributed by atoms with Crippen molar-refractivity contribution in [1.82, 2.24) is 0 Å². The lowest BCUT2D eigenvalue weighted by Gasteiger charge is -2.14. The van der Waals surface area contributed by atoms with E-state index in [-0.39, 0.29) is 5.78 Å². The van der Waals surface area contributed by atoms with E-state index in [0.29, 0.717) is 0 Å². The molecule has 0 radical (unpaired) electrons. The van der Waals surface area contributed by atoms with E-state index in [1.165, 1.54) is 6.08 Å². The first-order valence-corrected chi connectivity index (χ1v) is 3.51. The fourth-order valence-corrected chi connectivity index (χ4v) is 0.471. The van der Waals surface area contributed by atoms with Crippen LogP contribution in [0.5, 0.6) is 0 Å². The molecule has 0 bridgehead atoms. The molecule has 0 atom stereocenters. The van der Waals surface area contributed by atoms with Crippen LogP contribution < -0.4 is 0 Å². The molecule has 11 heavy (non-hydrogen) atoms. The molecule has 1 heteroatoms. The first kappa shape index (κ1) is 9.89. The molecule has 0 rings (SSSR count). The standard InChI is InChI=1S/C10H14O/c1-5-7-8-9(11)10(3,4)6-2/h5-8H,1-2H2,3-4H3/b8-7+. The maximum absolute atomic E-state index is 11.2. The molecule has 0 aromatic heterocycles. The molecule has 0 unspecified atom stereocenters. The van der Waals surface area contributed by atoms with Gasteiger partial charge in [0, 0.05) is 5.41 Å². The van der Waals surface area contributed by atoms with Gasteiger partial charge in [0.15, 0.2) is 5.78 Å². The second-order valence-electron chi connectivity index (χ2n) is 2.88. The highest BCUT2D eigenvalue weighted by Crippen LogP contribution is 2.17. The van der Waals surface area contributed by atoms with Gasteiger partial charge in [0.05, 0.1) is 0 Å². The van der Waals surface area contributed by atoms with Gasteiger partial charge >= 0.3 is 0 Å². The average Bonchev–Trinajstić information content (AvgIpc) is 2.00. The van der Waals surface area contributed by atoms with Crippen LogP contribution in [0.2, 0.25) is 0 Å². The van der Waals surface area contributed by atoms with Crippen molar-refractivity contribution in [2.24, 2.45) is 5.41 Å². The highest BCUT2D eigenvalue weighted by Gasteiger charge is 2.19. The van der Waals surface area contributed by atoms with E-state index in [9.17, 15) is 4.79 Å². The Hall–Kier alpha value is -1.11. The van der Waals surface area contributed by atoms with Gasteiger partial charge in [-0.1, -0.05) is 24.8 Å². The molecule has 0 N–H and O–H groups in total. The fraction of sp³-hybridized carbons (Fsp3) is 0.300. The Balaban J connectivity index is 4.35. The van der Waals surface area contributed by atoms with E-state index in [4.69, 9.17) is 0 Å². The van der Waals surface area contributed by atoms with Crippen molar-refractivity contribution in [3.63, 3.8) is 0 Å². The van der Waals surface area contributed by atoms with Gasteiger partial charge in [-0.15, -0.1) is 6.58 Å². The number of hydrogen-bond acceptors (Lipinski definition) is 1. The van der Waals surface area contributed by atoms with Gasteiger partial charge in [-0.2, -0.15) is 0 Å². The molecule has 0 fully saturated rings. The van der Waals surface area contributed by atoms with Crippen molar-refractivity contribution >= 4 is 5.78 Å². The van der Waals surface area contributed by atoms with Crippen LogP contribution in [0.15, 0.2) is 37.5 Å². The van der Waals surface area contributed by atoms with Crippen LogP contribution in [0.25, 0.3) is 0 Å². The Morgan fingerprint density at radius 1 is 1.36 bits per heavy atom. The summed E-state index contributed by atoms with van der Waals surface area (Å²) >= 11 is 0. The molecule has 1 nitrogen and oxygen atoms in total. The predicted octanol–water partition coefficient (Wildman–Crippen LogP) is 2.51. The molecular weight excluding hydrogens is 136 g/mol. The minimum atomic E-state index is -0.459. The zero-order valence-corrected chi connectivity index (χ0v) is 7.13. The molecule has 0 amide bonds. The molecule has 0 saturated carbocycles. The zero-order valence-electron chi connectivity index (χ0n) is 7.13. The number of carbonyl (C=O) groups is 1. The van der Waals surface area contributed by atoms with Crippen LogP contribution in [0.3, 0.4) is 0 Å². The quantitative estimate of drug-likeness (QED) is 0.342. The van der Waals surface area contributed by atoms with Crippen molar-refractivity contribution < 1.29 is 4.79 Å². The largest absolute Gasteiger partial charge is 0.294 e. The van der Waals surface area contributed by atoms with Gasteiger partial charge < -0.3 is 0 Å². The van der Waals surface area contributed by atoms with E-state index < -0.39 is 5.41 Å². The van der Waals surface area contributed by atoms with Crippen LogP contribution in [0.1, 0.15) is 13.8 Å². The Labute approximate surface area is 68.1 Å². The second kappa shape index (κ2) is 3.91.